The van der Waals surface area contributed by atoms with E-state index in [1.807, 2.05) is 0 Å². The fourth-order valence-corrected chi connectivity index (χ4v) is 1.06. The molecule has 4 heteroatoms. The Morgan fingerprint density at radius 2 is 2.08 bits per heavy atom. The molecule has 0 saturated heterocycles. The lowest BCUT2D eigenvalue weighted by atomic mass is 10.3. The maximum Gasteiger partial charge on any atom is 0.331 e. The van der Waals surface area contributed by atoms with E-state index in [4.69, 9.17) is 0 Å². The van der Waals surface area contributed by atoms with E-state index in [1.54, 1.807) is 6.92 Å². The number of ether oxygens (including phenoxy) is 1. The summed E-state index contributed by atoms with van der Waals surface area (Å²) < 4.78 is 4.55. The minimum Gasteiger partial charge on any atom is -0.467 e. The summed E-state index contributed by atoms with van der Waals surface area (Å²) in [6, 6.07) is 0. The number of carbonyl (C=O) groups is 2. The van der Waals surface area contributed by atoms with Gasteiger partial charge in [-0.1, -0.05) is 5.92 Å². The Hall–Kier alpha value is -1.50. The number of carbonyl (C=O) groups excluding carboxylic acids is 2. The molecule has 1 amide bonds. The minimum atomic E-state index is -0.782. The highest BCUT2D eigenvalue weighted by Crippen LogP contribution is 2.36. The van der Waals surface area contributed by atoms with Crippen LogP contribution in [0.1, 0.15) is 19.8 Å². The lowest BCUT2D eigenvalue weighted by Gasteiger charge is -2.11. The monoisotopic (exact) mass is 181 g/mol. The number of methoxy groups -OCH3 is 1. The SMILES string of the molecule is CC#CC(=O)NC1(C(=O)OC)CC1. The van der Waals surface area contributed by atoms with Crippen molar-refractivity contribution < 1.29 is 14.3 Å². The average Bonchev–Trinajstić information content (AvgIpc) is 2.85. The van der Waals surface area contributed by atoms with E-state index in [1.165, 1.54) is 7.11 Å². The molecule has 0 spiro atoms. The first-order valence-corrected chi connectivity index (χ1v) is 3.98. The zero-order valence-electron chi connectivity index (χ0n) is 7.64. The van der Waals surface area contributed by atoms with E-state index in [-0.39, 0.29) is 0 Å². The van der Waals surface area contributed by atoms with Crippen molar-refractivity contribution in [2.24, 2.45) is 0 Å². The van der Waals surface area contributed by atoms with Gasteiger partial charge in [0.1, 0.15) is 5.54 Å². The molecule has 0 bridgehead atoms. The number of hydrogen-bond donors (Lipinski definition) is 1. The molecule has 1 N–H and O–H groups in total. The molecule has 0 aromatic rings. The van der Waals surface area contributed by atoms with Crippen LogP contribution in [0.15, 0.2) is 0 Å². The smallest absolute Gasteiger partial charge is 0.331 e. The summed E-state index contributed by atoms with van der Waals surface area (Å²) in [6.45, 7) is 1.57. The fourth-order valence-electron chi connectivity index (χ4n) is 1.06. The molecule has 1 fully saturated rings. The molecule has 0 aliphatic heterocycles. The largest absolute Gasteiger partial charge is 0.467 e. The molecule has 0 atom stereocenters. The lowest BCUT2D eigenvalue weighted by molar-refractivity contribution is -0.145. The van der Waals surface area contributed by atoms with Crippen molar-refractivity contribution in [2.45, 2.75) is 25.3 Å². The van der Waals surface area contributed by atoms with Crippen molar-refractivity contribution in [2.75, 3.05) is 7.11 Å². The number of esters is 1. The van der Waals surface area contributed by atoms with Gasteiger partial charge in [-0.05, 0) is 25.7 Å². The Morgan fingerprint density at radius 3 is 2.46 bits per heavy atom. The number of nitrogens with one attached hydrogen (secondary N) is 1. The Bertz CT molecular complexity index is 294. The molecule has 70 valence electrons. The Kier molecular flexibility index (Phi) is 2.57. The van der Waals surface area contributed by atoms with Gasteiger partial charge in [0.25, 0.3) is 5.91 Å². The highest BCUT2D eigenvalue weighted by atomic mass is 16.5. The summed E-state index contributed by atoms with van der Waals surface area (Å²) in [6.07, 6.45) is 1.27. The Labute approximate surface area is 76.6 Å². The van der Waals surface area contributed by atoms with Gasteiger partial charge < -0.3 is 10.1 Å². The maximum atomic E-state index is 11.2. The van der Waals surface area contributed by atoms with Crippen molar-refractivity contribution in [3.05, 3.63) is 0 Å². The summed E-state index contributed by atoms with van der Waals surface area (Å²) in [5.41, 5.74) is -0.782. The number of rotatable bonds is 2. The second-order valence-electron chi connectivity index (χ2n) is 2.90. The van der Waals surface area contributed by atoms with Crippen LogP contribution in [-0.2, 0) is 14.3 Å². The summed E-state index contributed by atoms with van der Waals surface area (Å²) >= 11 is 0. The molecule has 0 radical (unpaired) electrons. The van der Waals surface area contributed by atoms with E-state index >= 15 is 0 Å². The Morgan fingerprint density at radius 1 is 1.46 bits per heavy atom. The van der Waals surface area contributed by atoms with E-state index in [9.17, 15) is 9.59 Å². The van der Waals surface area contributed by atoms with Gasteiger partial charge in [-0.25, -0.2) is 4.79 Å². The van der Waals surface area contributed by atoms with Crippen molar-refractivity contribution >= 4 is 11.9 Å². The van der Waals surface area contributed by atoms with Gasteiger partial charge in [0.05, 0.1) is 7.11 Å². The average molecular weight is 181 g/mol. The molecule has 1 aliphatic carbocycles. The van der Waals surface area contributed by atoms with Crippen molar-refractivity contribution in [3.63, 3.8) is 0 Å². The van der Waals surface area contributed by atoms with Gasteiger partial charge in [0, 0.05) is 0 Å². The lowest BCUT2D eigenvalue weighted by Crippen LogP contribution is -2.43. The molecule has 0 heterocycles. The summed E-state index contributed by atoms with van der Waals surface area (Å²) in [4.78, 5) is 22.2. The van der Waals surface area contributed by atoms with Crippen LogP contribution in [0.4, 0.5) is 0 Å². The summed E-state index contributed by atoms with van der Waals surface area (Å²) in [5.74, 6) is 3.96. The molecule has 1 saturated carbocycles. The van der Waals surface area contributed by atoms with E-state index < -0.39 is 17.4 Å². The van der Waals surface area contributed by atoms with Crippen LogP contribution >= 0.6 is 0 Å². The second-order valence-corrected chi connectivity index (χ2v) is 2.90. The predicted molar refractivity (Wildman–Crippen MR) is 45.6 cm³/mol. The van der Waals surface area contributed by atoms with Crippen LogP contribution in [0.5, 0.6) is 0 Å². The number of amides is 1. The molecular weight excluding hydrogens is 170 g/mol. The van der Waals surface area contributed by atoms with Gasteiger partial charge in [-0.2, -0.15) is 0 Å². The quantitative estimate of drug-likeness (QED) is 0.475. The summed E-state index contributed by atoms with van der Waals surface area (Å²) in [7, 11) is 1.31. The van der Waals surface area contributed by atoms with Crippen LogP contribution in [0.3, 0.4) is 0 Å². The first kappa shape index (κ1) is 9.59. The standard InChI is InChI=1S/C9H11NO3/c1-3-4-7(11)10-9(5-6-9)8(12)13-2/h5-6H2,1-2H3,(H,10,11). The third-order valence-corrected chi connectivity index (χ3v) is 1.92. The first-order valence-electron chi connectivity index (χ1n) is 3.98. The van der Waals surface area contributed by atoms with Crippen molar-refractivity contribution in [1.82, 2.24) is 5.32 Å². The van der Waals surface area contributed by atoms with Gasteiger partial charge in [0.2, 0.25) is 0 Å². The maximum absolute atomic E-state index is 11.2. The minimum absolute atomic E-state index is 0.390. The van der Waals surface area contributed by atoms with E-state index in [2.05, 4.69) is 21.9 Å². The zero-order valence-corrected chi connectivity index (χ0v) is 7.64. The Balaban J connectivity index is 2.56. The molecule has 1 aliphatic rings. The molecule has 13 heavy (non-hydrogen) atoms. The van der Waals surface area contributed by atoms with Gasteiger partial charge in [-0.15, -0.1) is 0 Å². The van der Waals surface area contributed by atoms with Crippen LogP contribution in [-0.4, -0.2) is 24.5 Å². The third kappa shape index (κ3) is 2.00. The number of hydrogen-bond acceptors (Lipinski definition) is 3. The fraction of sp³-hybridized carbons (Fsp3) is 0.556. The zero-order chi connectivity index (χ0) is 9.90. The second kappa shape index (κ2) is 3.48. The topological polar surface area (TPSA) is 55.4 Å². The highest BCUT2D eigenvalue weighted by molar-refractivity contribution is 5.98. The van der Waals surface area contributed by atoms with Crippen LogP contribution in [0.25, 0.3) is 0 Å². The van der Waals surface area contributed by atoms with Gasteiger partial charge in [-0.3, -0.25) is 4.79 Å². The molecule has 0 unspecified atom stereocenters. The van der Waals surface area contributed by atoms with Crippen LogP contribution in [0, 0.1) is 11.8 Å². The van der Waals surface area contributed by atoms with Crippen LogP contribution < -0.4 is 5.32 Å². The van der Waals surface area contributed by atoms with Crippen LogP contribution in [0.2, 0.25) is 0 Å². The third-order valence-electron chi connectivity index (χ3n) is 1.92. The molecule has 0 aromatic heterocycles. The molecule has 0 aromatic carbocycles. The van der Waals surface area contributed by atoms with Crippen molar-refractivity contribution in [1.29, 1.82) is 0 Å². The van der Waals surface area contributed by atoms with Crippen molar-refractivity contribution in [3.8, 4) is 11.8 Å². The normalized spacial score (nSPS) is 16.5. The first-order chi connectivity index (χ1) is 6.14. The van der Waals surface area contributed by atoms with E-state index in [0.717, 1.165) is 0 Å². The summed E-state index contributed by atoms with van der Waals surface area (Å²) in [5, 5.41) is 2.53. The van der Waals surface area contributed by atoms with Gasteiger partial charge in [0.15, 0.2) is 0 Å². The molecular formula is C9H11NO3. The van der Waals surface area contributed by atoms with Gasteiger partial charge >= 0.3 is 5.97 Å². The highest BCUT2D eigenvalue weighted by Gasteiger charge is 2.52. The predicted octanol–water partition coefficient (Wildman–Crippen LogP) is -0.169. The molecule has 1 rings (SSSR count). The molecule has 4 nitrogen and oxygen atoms in total. The van der Waals surface area contributed by atoms with E-state index in [0.29, 0.717) is 12.8 Å².